The minimum absolute atomic E-state index is 0.105. The molecule has 0 aromatic rings. The van der Waals surface area contributed by atoms with E-state index >= 15 is 0 Å². The van der Waals surface area contributed by atoms with Gasteiger partial charge in [0.25, 0.3) is 0 Å². The first-order valence-corrected chi connectivity index (χ1v) is 37.3. The number of esters is 4. The van der Waals surface area contributed by atoms with E-state index in [4.69, 9.17) is 37.0 Å². The van der Waals surface area contributed by atoms with Crippen LogP contribution in [0.4, 0.5) is 0 Å². The summed E-state index contributed by atoms with van der Waals surface area (Å²) in [6.45, 7) is 11.7. The number of hydrogen-bond acceptors (Lipinski definition) is 15. The van der Waals surface area contributed by atoms with Crippen molar-refractivity contribution < 1.29 is 80.2 Å². The predicted molar refractivity (Wildman–Crippen MR) is 340 cm³/mol. The van der Waals surface area contributed by atoms with Gasteiger partial charge in [0.15, 0.2) is 12.2 Å². The summed E-state index contributed by atoms with van der Waals surface area (Å²) >= 11 is 0. The monoisotopic (exact) mass is 1250 g/mol. The summed E-state index contributed by atoms with van der Waals surface area (Å²) < 4.78 is 68.1. The lowest BCUT2D eigenvalue weighted by atomic mass is 10.0. The van der Waals surface area contributed by atoms with Crippen LogP contribution in [0.5, 0.6) is 0 Å². The van der Waals surface area contributed by atoms with Crippen molar-refractivity contribution >= 4 is 39.5 Å². The Balaban J connectivity index is 5.25. The van der Waals surface area contributed by atoms with Crippen LogP contribution < -0.4 is 0 Å². The van der Waals surface area contributed by atoms with E-state index in [9.17, 15) is 43.2 Å². The average Bonchev–Trinajstić information content (AvgIpc) is 3.62. The summed E-state index contributed by atoms with van der Waals surface area (Å²) in [6.07, 6.45) is 39.0. The topological polar surface area (TPSA) is 237 Å². The molecular weight excluding hydrogens is 1130 g/mol. The Morgan fingerprint density at radius 3 is 0.800 bits per heavy atom. The molecule has 17 nitrogen and oxygen atoms in total. The number of unbranched alkanes of at least 4 members (excludes halogenated alkanes) is 32. The number of aliphatic hydroxyl groups is 1. The van der Waals surface area contributed by atoms with E-state index in [-0.39, 0.29) is 25.7 Å². The Labute approximate surface area is 517 Å². The molecule has 19 heteroatoms. The van der Waals surface area contributed by atoms with Gasteiger partial charge >= 0.3 is 39.5 Å². The fourth-order valence-corrected chi connectivity index (χ4v) is 11.4. The van der Waals surface area contributed by atoms with Crippen LogP contribution in [0.25, 0.3) is 0 Å². The normalized spacial score (nSPS) is 14.3. The second kappa shape index (κ2) is 57.2. The second-order valence-electron chi connectivity index (χ2n) is 25.3. The number of aliphatic hydroxyl groups excluding tert-OH is 1. The van der Waals surface area contributed by atoms with Gasteiger partial charge in [-0.05, 0) is 43.4 Å². The standard InChI is InChI=1S/C66H128O17P2/c1-8-9-10-11-12-13-14-20-26-35-42-49-65(70)83-62(54-77-64(69)48-41-34-29-28-32-39-46-59(6)7)56-81-85(74,75)79-52-60(67)51-78-84(72,73)80-55-61(53-76-63(68)47-40-33-25-22-17-19-24-31-38-45-58(4)5)82-66(71)50-43-36-27-21-16-15-18-23-30-37-44-57(2)3/h57-62,67H,8-56H2,1-7H3,(H,72,73)(H,74,75)/t60-,61-,62-/m1/s1. The molecule has 0 heterocycles. The van der Waals surface area contributed by atoms with Crippen molar-refractivity contribution in [2.45, 2.75) is 343 Å². The van der Waals surface area contributed by atoms with Gasteiger partial charge in [0, 0.05) is 25.7 Å². The van der Waals surface area contributed by atoms with Crippen molar-refractivity contribution in [2.24, 2.45) is 17.8 Å². The van der Waals surface area contributed by atoms with Gasteiger partial charge in [0.2, 0.25) is 0 Å². The van der Waals surface area contributed by atoms with Crippen LogP contribution in [-0.4, -0.2) is 96.7 Å². The van der Waals surface area contributed by atoms with Gasteiger partial charge in [-0.1, -0.05) is 273 Å². The molecule has 5 atom stereocenters. The third kappa shape index (κ3) is 60.7. The highest BCUT2D eigenvalue weighted by atomic mass is 31.2. The number of ether oxygens (including phenoxy) is 4. The smallest absolute Gasteiger partial charge is 0.462 e. The minimum atomic E-state index is -4.95. The van der Waals surface area contributed by atoms with Crippen molar-refractivity contribution in [1.29, 1.82) is 0 Å². The minimum Gasteiger partial charge on any atom is -0.462 e. The largest absolute Gasteiger partial charge is 0.472 e. The number of phosphoric ester groups is 2. The summed E-state index contributed by atoms with van der Waals surface area (Å²) in [5.41, 5.74) is 0. The Kier molecular flexibility index (Phi) is 55.9. The van der Waals surface area contributed by atoms with Crippen LogP contribution in [0.2, 0.25) is 0 Å². The second-order valence-corrected chi connectivity index (χ2v) is 28.2. The molecular formula is C66H128O17P2. The number of hydrogen-bond donors (Lipinski definition) is 3. The molecule has 0 aliphatic carbocycles. The summed E-state index contributed by atoms with van der Waals surface area (Å²) in [5, 5.41) is 10.5. The van der Waals surface area contributed by atoms with Crippen LogP contribution in [0.1, 0.15) is 325 Å². The highest BCUT2D eigenvalue weighted by molar-refractivity contribution is 7.47. The third-order valence-corrected chi connectivity index (χ3v) is 17.0. The van der Waals surface area contributed by atoms with Gasteiger partial charge in [-0.25, -0.2) is 9.13 Å². The molecule has 0 fully saturated rings. The molecule has 0 radical (unpaired) electrons. The first-order valence-electron chi connectivity index (χ1n) is 34.3. The zero-order chi connectivity index (χ0) is 63.1. The molecule has 504 valence electrons. The van der Waals surface area contributed by atoms with Crippen molar-refractivity contribution in [1.82, 2.24) is 0 Å². The molecule has 0 amide bonds. The van der Waals surface area contributed by atoms with E-state index in [0.29, 0.717) is 31.6 Å². The highest BCUT2D eigenvalue weighted by Crippen LogP contribution is 2.45. The third-order valence-electron chi connectivity index (χ3n) is 15.1. The number of phosphoric acid groups is 2. The lowest BCUT2D eigenvalue weighted by molar-refractivity contribution is -0.161. The molecule has 0 aromatic carbocycles. The number of rotatable bonds is 64. The fraction of sp³-hybridized carbons (Fsp3) is 0.939. The molecule has 0 aliphatic heterocycles. The average molecular weight is 1260 g/mol. The van der Waals surface area contributed by atoms with E-state index < -0.39 is 97.5 Å². The summed E-state index contributed by atoms with van der Waals surface area (Å²) in [6, 6.07) is 0. The van der Waals surface area contributed by atoms with Gasteiger partial charge in [-0.3, -0.25) is 37.3 Å². The Morgan fingerprint density at radius 1 is 0.318 bits per heavy atom. The van der Waals surface area contributed by atoms with Crippen LogP contribution in [0, 0.1) is 17.8 Å². The molecule has 0 saturated carbocycles. The molecule has 3 N–H and O–H groups in total. The predicted octanol–water partition coefficient (Wildman–Crippen LogP) is 18.3. The lowest BCUT2D eigenvalue weighted by Crippen LogP contribution is -2.30. The van der Waals surface area contributed by atoms with Crippen LogP contribution in [-0.2, 0) is 65.4 Å². The Bertz CT molecular complexity index is 1680. The van der Waals surface area contributed by atoms with Crippen molar-refractivity contribution in [2.75, 3.05) is 39.6 Å². The lowest BCUT2D eigenvalue weighted by Gasteiger charge is -2.21. The van der Waals surface area contributed by atoms with Crippen LogP contribution in [0.3, 0.4) is 0 Å². The van der Waals surface area contributed by atoms with Gasteiger partial charge in [-0.15, -0.1) is 0 Å². The van der Waals surface area contributed by atoms with E-state index in [1.54, 1.807) is 0 Å². The highest BCUT2D eigenvalue weighted by Gasteiger charge is 2.30. The molecule has 0 spiro atoms. The first-order chi connectivity index (χ1) is 40.7. The van der Waals surface area contributed by atoms with Crippen LogP contribution in [0.15, 0.2) is 0 Å². The van der Waals surface area contributed by atoms with Crippen molar-refractivity contribution in [3.63, 3.8) is 0 Å². The number of carbonyl (C=O) groups is 4. The summed E-state index contributed by atoms with van der Waals surface area (Å²) in [5.74, 6) is 0.0419. The van der Waals surface area contributed by atoms with E-state index in [0.717, 1.165) is 108 Å². The van der Waals surface area contributed by atoms with Gasteiger partial charge in [0.1, 0.15) is 19.3 Å². The molecule has 2 unspecified atom stereocenters. The maximum Gasteiger partial charge on any atom is 0.472 e. The zero-order valence-corrected chi connectivity index (χ0v) is 56.9. The molecule has 0 aromatic heterocycles. The summed E-state index contributed by atoms with van der Waals surface area (Å²) in [7, 11) is -9.89. The van der Waals surface area contributed by atoms with Crippen LogP contribution >= 0.6 is 15.6 Å². The Morgan fingerprint density at radius 2 is 0.541 bits per heavy atom. The molecule has 0 rings (SSSR count). The fourth-order valence-electron chi connectivity index (χ4n) is 9.83. The molecule has 0 saturated heterocycles. The van der Waals surface area contributed by atoms with E-state index in [1.807, 2.05) is 0 Å². The van der Waals surface area contributed by atoms with E-state index in [2.05, 4.69) is 48.5 Å². The SMILES string of the molecule is CCCCCCCCCCCCCC(=O)O[C@H](COC(=O)CCCCCCCCC(C)C)COP(=O)(O)OC[C@H](O)COP(=O)(O)OC[C@@H](COC(=O)CCCCCCCCCCCC(C)C)OC(=O)CCCCCCCCCCCCC(C)C. The van der Waals surface area contributed by atoms with Gasteiger partial charge in [-0.2, -0.15) is 0 Å². The molecule has 0 aliphatic rings. The first kappa shape index (κ1) is 83.1. The van der Waals surface area contributed by atoms with Crippen molar-refractivity contribution in [3.05, 3.63) is 0 Å². The Hall–Kier alpha value is -1.94. The van der Waals surface area contributed by atoms with E-state index in [1.165, 1.54) is 128 Å². The zero-order valence-electron chi connectivity index (χ0n) is 55.1. The molecule has 85 heavy (non-hydrogen) atoms. The van der Waals surface area contributed by atoms with Crippen molar-refractivity contribution in [3.8, 4) is 0 Å². The van der Waals surface area contributed by atoms with Gasteiger partial charge in [0.05, 0.1) is 26.4 Å². The molecule has 0 bridgehead atoms. The maximum atomic E-state index is 13.0. The maximum absolute atomic E-state index is 13.0. The quantitative estimate of drug-likeness (QED) is 0.0222. The number of carbonyl (C=O) groups excluding carboxylic acids is 4. The van der Waals surface area contributed by atoms with Gasteiger partial charge < -0.3 is 33.8 Å². The summed E-state index contributed by atoms with van der Waals surface area (Å²) in [4.78, 5) is 72.3.